The summed E-state index contributed by atoms with van der Waals surface area (Å²) in [6, 6.07) is -0.863. The quantitative estimate of drug-likeness (QED) is 0.0205. The van der Waals surface area contributed by atoms with Crippen molar-refractivity contribution in [1.82, 2.24) is 5.32 Å². The summed E-state index contributed by atoms with van der Waals surface area (Å²) in [4.78, 5) is 37.5. The van der Waals surface area contributed by atoms with Gasteiger partial charge in [0.15, 0.2) is 0 Å². The second kappa shape index (κ2) is 50.0. The number of rotatable bonds is 51. The van der Waals surface area contributed by atoms with E-state index in [1.807, 2.05) is 33.3 Å². The van der Waals surface area contributed by atoms with E-state index in [1.54, 1.807) is 0 Å². The van der Waals surface area contributed by atoms with E-state index in [4.69, 9.17) is 13.8 Å². The average molecular weight is 1000 g/mol. The molecule has 0 aromatic rings. The molecule has 0 spiro atoms. The van der Waals surface area contributed by atoms with Crippen molar-refractivity contribution >= 4 is 19.7 Å². The zero-order chi connectivity index (χ0) is 51.5. The van der Waals surface area contributed by atoms with Gasteiger partial charge in [-0.1, -0.05) is 210 Å². The molecular weight excluding hydrogens is 892 g/mol. The Balaban J connectivity index is 5.31. The van der Waals surface area contributed by atoms with E-state index < -0.39 is 20.0 Å². The Morgan fingerprint density at radius 2 is 0.914 bits per heavy atom. The number of unbranched alkanes of at least 4 members (excludes halogenated alkanes) is 25. The van der Waals surface area contributed by atoms with Gasteiger partial charge in [0.25, 0.3) is 0 Å². The number of quaternary nitrogens is 1. The Morgan fingerprint density at radius 1 is 0.514 bits per heavy atom. The van der Waals surface area contributed by atoms with Gasteiger partial charge in [0.2, 0.25) is 5.91 Å². The minimum absolute atomic E-state index is 0.0325. The van der Waals surface area contributed by atoms with Crippen LogP contribution in [0.4, 0.5) is 0 Å². The van der Waals surface area contributed by atoms with E-state index in [1.165, 1.54) is 116 Å². The van der Waals surface area contributed by atoms with E-state index in [2.05, 4.69) is 86.8 Å². The molecule has 406 valence electrons. The molecule has 0 aromatic heterocycles. The number of nitrogens with one attached hydrogen (secondary N) is 1. The number of carbonyl (C=O) groups is 2. The summed E-state index contributed by atoms with van der Waals surface area (Å²) in [7, 11) is 1.47. The summed E-state index contributed by atoms with van der Waals surface area (Å²) in [6.45, 7) is 6.84. The van der Waals surface area contributed by atoms with Crippen molar-refractivity contribution in [1.29, 1.82) is 0 Å². The van der Waals surface area contributed by atoms with Gasteiger partial charge < -0.3 is 19.4 Å². The van der Waals surface area contributed by atoms with Gasteiger partial charge in [-0.25, -0.2) is 4.57 Å². The van der Waals surface area contributed by atoms with Crippen molar-refractivity contribution in [2.24, 2.45) is 0 Å². The Kier molecular flexibility index (Phi) is 48.2. The zero-order valence-electron chi connectivity index (χ0n) is 46.2. The fraction of sp³-hybridized carbons (Fsp3) is 0.767. The number of amides is 1. The van der Waals surface area contributed by atoms with Gasteiger partial charge in [0.1, 0.15) is 19.3 Å². The molecule has 0 bridgehead atoms. The molecule has 0 saturated carbocycles. The SMILES string of the molecule is CC/C=C/C/C=C/C/C=C/CCCCCCC(=O)NC(COP(=O)(O)OCC[N+](C)(C)C)C(/C=C/CCCCCCCCCCC)OC(=O)CCCCCCCCCCC/C=C\C/C=C\CCCCC. The third-order valence-corrected chi connectivity index (χ3v) is 13.4. The van der Waals surface area contributed by atoms with Crippen LogP contribution in [0.3, 0.4) is 0 Å². The number of hydrogen-bond acceptors (Lipinski definition) is 6. The summed E-state index contributed by atoms with van der Waals surface area (Å²) < 4.78 is 30.6. The minimum Gasteiger partial charge on any atom is -0.456 e. The normalized spacial score (nSPS) is 14.3. The van der Waals surface area contributed by atoms with Crippen LogP contribution >= 0.6 is 7.82 Å². The second-order valence-electron chi connectivity index (χ2n) is 20.4. The number of likely N-dealkylation sites (N-methyl/N-ethyl adjacent to an activating group) is 1. The van der Waals surface area contributed by atoms with Gasteiger partial charge in [0.05, 0.1) is 33.8 Å². The minimum atomic E-state index is -4.45. The first kappa shape index (κ1) is 67.5. The molecule has 0 rings (SSSR count). The first-order valence-electron chi connectivity index (χ1n) is 28.8. The van der Waals surface area contributed by atoms with Crippen molar-refractivity contribution in [3.8, 4) is 0 Å². The van der Waals surface area contributed by atoms with Crippen LogP contribution in [0.2, 0.25) is 0 Å². The molecule has 0 saturated heterocycles. The van der Waals surface area contributed by atoms with Gasteiger partial charge in [0, 0.05) is 12.8 Å². The molecule has 0 fully saturated rings. The first-order chi connectivity index (χ1) is 33.9. The summed E-state index contributed by atoms with van der Waals surface area (Å²) in [5.41, 5.74) is 0. The summed E-state index contributed by atoms with van der Waals surface area (Å²) >= 11 is 0. The van der Waals surface area contributed by atoms with E-state index in [9.17, 15) is 19.0 Å². The molecule has 0 heterocycles. The van der Waals surface area contributed by atoms with Crippen LogP contribution in [0, 0.1) is 0 Å². The highest BCUT2D eigenvalue weighted by atomic mass is 31.2. The molecule has 70 heavy (non-hydrogen) atoms. The number of hydrogen-bond donors (Lipinski definition) is 2. The van der Waals surface area contributed by atoms with E-state index in [0.717, 1.165) is 96.3 Å². The van der Waals surface area contributed by atoms with Crippen LogP contribution in [-0.2, 0) is 27.9 Å². The van der Waals surface area contributed by atoms with E-state index in [-0.39, 0.29) is 31.5 Å². The van der Waals surface area contributed by atoms with Gasteiger partial charge >= 0.3 is 13.8 Å². The van der Waals surface area contributed by atoms with Gasteiger partial charge in [-0.15, -0.1) is 0 Å². The van der Waals surface area contributed by atoms with E-state index >= 15 is 0 Å². The lowest BCUT2D eigenvalue weighted by Crippen LogP contribution is -2.47. The van der Waals surface area contributed by atoms with Crippen LogP contribution in [-0.4, -0.2) is 74.3 Å². The molecule has 10 heteroatoms. The molecule has 0 aliphatic heterocycles. The topological polar surface area (TPSA) is 111 Å². The monoisotopic (exact) mass is 1000 g/mol. The number of carbonyl (C=O) groups excluding carboxylic acids is 2. The van der Waals surface area contributed by atoms with Crippen molar-refractivity contribution in [2.45, 2.75) is 258 Å². The number of phosphoric ester groups is 1. The molecular formula is C60H110N2O7P+. The predicted octanol–water partition coefficient (Wildman–Crippen LogP) is 17.3. The molecule has 3 atom stereocenters. The second-order valence-corrected chi connectivity index (χ2v) is 21.9. The number of allylic oxidation sites excluding steroid dienone is 11. The Morgan fingerprint density at radius 3 is 1.40 bits per heavy atom. The molecule has 0 radical (unpaired) electrons. The molecule has 1 amide bonds. The highest BCUT2D eigenvalue weighted by Gasteiger charge is 2.30. The number of ether oxygens (including phenoxy) is 1. The van der Waals surface area contributed by atoms with Crippen LogP contribution < -0.4 is 5.32 Å². The molecule has 3 unspecified atom stereocenters. The molecule has 0 aromatic carbocycles. The maximum absolute atomic E-state index is 13.5. The number of esters is 1. The standard InChI is InChI=1S/C60H109N2O7P/c1-7-10-13-16-19-22-25-27-29-30-31-32-33-35-38-41-44-47-50-53-60(64)69-58(51-48-45-42-39-36-24-21-18-15-12-9-3)57(56-68-70(65,66)67-55-54-62(4,5)6)61-59(63)52-49-46-43-40-37-34-28-26-23-20-17-14-11-8-2/h11,14,19-20,22-23,27-29,34,48,51,57-58H,7-10,12-13,15-18,21,24-26,30-33,35-47,49-50,52-56H2,1-6H3,(H-,61,63,65,66)/p+1/b14-11+,22-19-,23-20+,29-27-,34-28+,51-48+. The molecule has 0 aliphatic carbocycles. The fourth-order valence-electron chi connectivity index (χ4n) is 7.92. The molecule has 2 N–H and O–H groups in total. The largest absolute Gasteiger partial charge is 0.472 e. The van der Waals surface area contributed by atoms with Crippen molar-refractivity contribution < 1.29 is 37.3 Å². The Hall–Kier alpha value is -2.55. The van der Waals surface area contributed by atoms with E-state index in [0.29, 0.717) is 17.4 Å². The molecule has 9 nitrogen and oxygen atoms in total. The summed E-state index contributed by atoms with van der Waals surface area (Å²) in [5.74, 6) is -0.538. The number of phosphoric acid groups is 1. The van der Waals surface area contributed by atoms with Crippen molar-refractivity contribution in [2.75, 3.05) is 40.9 Å². The lowest BCUT2D eigenvalue weighted by atomic mass is 10.1. The zero-order valence-corrected chi connectivity index (χ0v) is 47.1. The lowest BCUT2D eigenvalue weighted by molar-refractivity contribution is -0.870. The van der Waals surface area contributed by atoms with Gasteiger partial charge in [-0.3, -0.25) is 18.6 Å². The third kappa shape index (κ3) is 50.4. The average Bonchev–Trinajstić information content (AvgIpc) is 3.32. The highest BCUT2D eigenvalue weighted by Crippen LogP contribution is 2.43. The maximum Gasteiger partial charge on any atom is 0.472 e. The Labute approximate surface area is 432 Å². The summed E-state index contributed by atoms with van der Waals surface area (Å²) in [5, 5.41) is 3.03. The number of nitrogens with zero attached hydrogens (tertiary/aromatic N) is 1. The van der Waals surface area contributed by atoms with Crippen LogP contribution in [0.25, 0.3) is 0 Å². The molecule has 0 aliphatic rings. The van der Waals surface area contributed by atoms with Crippen molar-refractivity contribution in [3.05, 3.63) is 72.9 Å². The maximum atomic E-state index is 13.5. The summed E-state index contributed by atoms with van der Waals surface area (Å²) in [6.07, 6.45) is 63.2. The predicted molar refractivity (Wildman–Crippen MR) is 300 cm³/mol. The highest BCUT2D eigenvalue weighted by molar-refractivity contribution is 7.47. The first-order valence-corrected chi connectivity index (χ1v) is 30.3. The van der Waals surface area contributed by atoms with Crippen LogP contribution in [0.1, 0.15) is 245 Å². The van der Waals surface area contributed by atoms with Crippen LogP contribution in [0.5, 0.6) is 0 Å². The lowest BCUT2D eigenvalue weighted by Gasteiger charge is -2.27. The third-order valence-electron chi connectivity index (χ3n) is 12.4. The Bertz CT molecular complexity index is 1430. The fourth-order valence-corrected chi connectivity index (χ4v) is 8.66. The van der Waals surface area contributed by atoms with Gasteiger partial charge in [-0.05, 0) is 96.0 Å². The smallest absolute Gasteiger partial charge is 0.456 e. The van der Waals surface area contributed by atoms with Crippen molar-refractivity contribution in [3.63, 3.8) is 0 Å². The van der Waals surface area contributed by atoms with Gasteiger partial charge in [-0.2, -0.15) is 0 Å². The van der Waals surface area contributed by atoms with Crippen LogP contribution in [0.15, 0.2) is 72.9 Å².